The number of aromatic nitrogens is 1. The van der Waals surface area contributed by atoms with E-state index >= 15 is 0 Å². The topological polar surface area (TPSA) is 65.5 Å². The van der Waals surface area contributed by atoms with Gasteiger partial charge in [0.2, 0.25) is 5.88 Å². The summed E-state index contributed by atoms with van der Waals surface area (Å²) in [4.78, 5) is 18.8. The third-order valence-corrected chi connectivity index (χ3v) is 5.19. The molecule has 2 heterocycles. The van der Waals surface area contributed by atoms with Crippen molar-refractivity contribution in [3.05, 3.63) is 91.0 Å². The largest absolute Gasteiger partial charge is 0.493 e. The maximum absolute atomic E-state index is 11.5. The summed E-state index contributed by atoms with van der Waals surface area (Å²) >= 11 is 0.979. The Balaban J connectivity index is 1.92. The summed E-state index contributed by atoms with van der Waals surface area (Å²) in [5, 5.41) is 11.9. The van der Waals surface area contributed by atoms with E-state index in [9.17, 15) is 9.90 Å². The van der Waals surface area contributed by atoms with Crippen molar-refractivity contribution in [2.45, 2.75) is 12.8 Å². The monoisotopic (exact) mass is 348 g/mol. The smallest absolute Gasteiger partial charge is 0.307 e. The van der Waals surface area contributed by atoms with Crippen molar-refractivity contribution in [1.29, 1.82) is 0 Å². The number of nitrogens with zero attached hydrogens (tertiary/aromatic N) is 1. The van der Waals surface area contributed by atoms with Crippen LogP contribution in [0.4, 0.5) is 0 Å². The van der Waals surface area contributed by atoms with E-state index in [1.807, 2.05) is 36.4 Å². The Bertz CT molecular complexity index is 1140. The van der Waals surface area contributed by atoms with Gasteiger partial charge in [-0.3, -0.25) is 9.78 Å². The van der Waals surface area contributed by atoms with Gasteiger partial charge in [0, 0.05) is 11.1 Å². The molecule has 1 unspecified atom stereocenters. The normalized spacial score (nSPS) is 15.9. The Kier molecular flexibility index (Phi) is 3.86. The fourth-order valence-corrected chi connectivity index (χ4v) is 3.82. The number of hydrogen-bond donors (Lipinski definition) is 2. The van der Waals surface area contributed by atoms with Crippen molar-refractivity contribution < 1.29 is 5.11 Å². The van der Waals surface area contributed by atoms with Crippen molar-refractivity contribution in [3.8, 4) is 5.88 Å². The van der Waals surface area contributed by atoms with Gasteiger partial charge >= 0.3 is 4.87 Å². The van der Waals surface area contributed by atoms with Crippen molar-refractivity contribution >= 4 is 23.0 Å². The van der Waals surface area contributed by atoms with E-state index in [-0.39, 0.29) is 16.7 Å². The number of thiazole rings is 1. The van der Waals surface area contributed by atoms with Crippen molar-refractivity contribution in [2.24, 2.45) is 4.99 Å². The van der Waals surface area contributed by atoms with Crippen LogP contribution in [0.2, 0.25) is 0 Å². The number of rotatable bonds is 3. The lowest BCUT2D eigenvalue weighted by Gasteiger charge is -2.15. The highest BCUT2D eigenvalue weighted by Gasteiger charge is 2.21. The molecule has 0 bridgehead atoms. The Morgan fingerprint density at radius 2 is 1.84 bits per heavy atom. The minimum absolute atomic E-state index is 0.111. The highest BCUT2D eigenvalue weighted by atomic mass is 32.1. The molecular weight excluding hydrogens is 332 g/mol. The third kappa shape index (κ3) is 2.83. The number of hydrogen-bond acceptors (Lipinski definition) is 4. The van der Waals surface area contributed by atoms with E-state index in [0.717, 1.165) is 33.2 Å². The highest BCUT2D eigenvalue weighted by molar-refractivity contribution is 7.10. The molecule has 4 rings (SSSR count). The van der Waals surface area contributed by atoms with E-state index in [4.69, 9.17) is 4.99 Å². The van der Waals surface area contributed by atoms with Gasteiger partial charge in [-0.15, -0.1) is 0 Å². The van der Waals surface area contributed by atoms with Gasteiger partial charge < -0.3 is 5.11 Å². The first-order chi connectivity index (χ1) is 12.1. The molecule has 0 saturated heterocycles. The minimum Gasteiger partial charge on any atom is -0.493 e. The molecule has 124 valence electrons. The fraction of sp³-hybridized carbons (Fsp3) is 0.100. The van der Waals surface area contributed by atoms with Gasteiger partial charge in [-0.2, -0.15) is 0 Å². The Labute approximate surface area is 148 Å². The van der Waals surface area contributed by atoms with Crippen LogP contribution in [-0.2, 0) is 0 Å². The second kappa shape index (κ2) is 6.18. The summed E-state index contributed by atoms with van der Waals surface area (Å²) in [6.07, 6.45) is 1.78. The minimum atomic E-state index is -0.280. The summed E-state index contributed by atoms with van der Waals surface area (Å²) in [6.45, 7) is 2.15. The molecule has 1 aromatic heterocycles. The summed E-state index contributed by atoms with van der Waals surface area (Å²) in [5.74, 6) is 0.0260. The van der Waals surface area contributed by atoms with Crippen LogP contribution in [0.1, 0.15) is 23.3 Å². The molecule has 4 nitrogen and oxygen atoms in total. The Morgan fingerprint density at radius 3 is 2.56 bits per heavy atom. The number of allylic oxidation sites excluding steroid dienone is 1. The predicted octanol–water partition coefficient (Wildman–Crippen LogP) is 2.77. The van der Waals surface area contributed by atoms with Gasteiger partial charge in [-0.05, 0) is 23.3 Å². The number of H-pyrrole nitrogens is 1. The van der Waals surface area contributed by atoms with Gasteiger partial charge in [0.25, 0.3) is 0 Å². The molecule has 0 fully saturated rings. The zero-order chi connectivity index (χ0) is 17.4. The first-order valence-electron chi connectivity index (χ1n) is 8.00. The van der Waals surface area contributed by atoms with Gasteiger partial charge in [0.1, 0.15) is 0 Å². The molecule has 1 atom stereocenters. The van der Waals surface area contributed by atoms with Crippen LogP contribution in [-0.4, -0.2) is 10.1 Å². The number of para-hydroxylation sites is 1. The standard InChI is InChI=1S/C20H16N2O2S/c1-12(13-7-3-2-4-8-13)18-14-9-5-6-10-15(14)21-16(18)11-17-19(23)22-20(24)25-17/h2-12,23H,1H3,(H,22,24). The summed E-state index contributed by atoms with van der Waals surface area (Å²) < 4.78 is 0. The fourth-order valence-electron chi connectivity index (χ4n) is 3.15. The second-order valence-corrected chi connectivity index (χ2v) is 6.95. The lowest BCUT2D eigenvalue weighted by atomic mass is 9.90. The van der Waals surface area contributed by atoms with Gasteiger partial charge in [0.15, 0.2) is 0 Å². The number of nitrogens with one attached hydrogen (secondary N) is 1. The molecule has 1 aliphatic rings. The molecular formula is C20H16N2O2S. The van der Waals surface area contributed by atoms with Crippen LogP contribution in [0.15, 0.2) is 70.1 Å². The SMILES string of the molecule is CC(C1=c2ccccc2=NC1=Cc1sc(=O)[nH]c1O)c1ccccc1. The summed E-state index contributed by atoms with van der Waals surface area (Å²) in [7, 11) is 0. The quantitative estimate of drug-likeness (QED) is 0.764. The first-order valence-corrected chi connectivity index (χ1v) is 8.82. The molecule has 0 saturated carbocycles. The molecule has 0 amide bonds. The predicted molar refractivity (Wildman–Crippen MR) is 100 cm³/mol. The summed E-state index contributed by atoms with van der Waals surface area (Å²) in [5.41, 5.74) is 3.08. The van der Waals surface area contributed by atoms with E-state index in [1.54, 1.807) is 6.08 Å². The van der Waals surface area contributed by atoms with E-state index in [0.29, 0.717) is 4.88 Å². The molecule has 1 aliphatic heterocycles. The molecule has 0 spiro atoms. The molecule has 2 N–H and O–H groups in total. The Morgan fingerprint density at radius 1 is 1.12 bits per heavy atom. The molecule has 2 aromatic carbocycles. The van der Waals surface area contributed by atoms with E-state index in [2.05, 4.69) is 30.1 Å². The lowest BCUT2D eigenvalue weighted by molar-refractivity contribution is 0.455. The van der Waals surface area contributed by atoms with Crippen LogP contribution >= 0.6 is 11.3 Å². The van der Waals surface area contributed by atoms with Crippen LogP contribution in [0, 0.1) is 0 Å². The van der Waals surface area contributed by atoms with Crippen LogP contribution in [0.25, 0.3) is 11.6 Å². The average Bonchev–Trinajstić information content (AvgIpc) is 3.14. The average molecular weight is 348 g/mol. The van der Waals surface area contributed by atoms with Crippen LogP contribution in [0.3, 0.4) is 0 Å². The maximum atomic E-state index is 11.5. The molecule has 0 aliphatic carbocycles. The molecule has 25 heavy (non-hydrogen) atoms. The second-order valence-electron chi connectivity index (χ2n) is 5.93. The number of fused-ring (bicyclic) bond motifs is 1. The van der Waals surface area contributed by atoms with Crippen LogP contribution in [0.5, 0.6) is 5.88 Å². The lowest BCUT2D eigenvalue weighted by Crippen LogP contribution is -2.23. The van der Waals surface area contributed by atoms with Gasteiger partial charge in [-0.25, -0.2) is 4.99 Å². The number of benzene rings is 2. The Hall–Kier alpha value is -2.92. The number of aromatic hydroxyl groups is 1. The molecule has 0 radical (unpaired) electrons. The van der Waals surface area contributed by atoms with E-state index in [1.165, 1.54) is 5.56 Å². The van der Waals surface area contributed by atoms with Crippen LogP contribution < -0.4 is 15.4 Å². The zero-order valence-electron chi connectivity index (χ0n) is 13.6. The third-order valence-electron chi connectivity index (χ3n) is 4.37. The molecule has 3 aromatic rings. The van der Waals surface area contributed by atoms with Crippen molar-refractivity contribution in [1.82, 2.24) is 4.98 Å². The highest BCUT2D eigenvalue weighted by Crippen LogP contribution is 2.33. The van der Waals surface area contributed by atoms with Gasteiger partial charge in [-0.1, -0.05) is 66.8 Å². The van der Waals surface area contributed by atoms with Crippen molar-refractivity contribution in [2.75, 3.05) is 0 Å². The van der Waals surface area contributed by atoms with Gasteiger partial charge in [0.05, 0.1) is 15.9 Å². The molecule has 5 heteroatoms. The maximum Gasteiger partial charge on any atom is 0.307 e. The van der Waals surface area contributed by atoms with E-state index < -0.39 is 0 Å². The van der Waals surface area contributed by atoms with Crippen molar-refractivity contribution in [3.63, 3.8) is 0 Å². The number of aromatic amines is 1. The zero-order valence-corrected chi connectivity index (χ0v) is 14.4. The first kappa shape index (κ1) is 15.6. The summed E-state index contributed by atoms with van der Waals surface area (Å²) in [6, 6.07) is 18.3.